The van der Waals surface area contributed by atoms with E-state index in [-0.39, 0.29) is 24.0 Å². The fourth-order valence-corrected chi connectivity index (χ4v) is 3.68. The quantitative estimate of drug-likeness (QED) is 0.304. The van der Waals surface area contributed by atoms with E-state index in [1.54, 1.807) is 28.4 Å². The van der Waals surface area contributed by atoms with E-state index in [9.17, 15) is 0 Å². The lowest BCUT2D eigenvalue weighted by Crippen LogP contribution is -2.44. The number of hydrogen-bond donors (Lipinski definition) is 2. The molecule has 2 aromatic rings. The third kappa shape index (κ3) is 6.90. The highest BCUT2D eigenvalue weighted by molar-refractivity contribution is 14.0. The lowest BCUT2D eigenvalue weighted by atomic mass is 10.1. The smallest absolute Gasteiger partial charge is 0.191 e. The maximum Gasteiger partial charge on any atom is 0.191 e. The first kappa shape index (κ1) is 25.1. The third-order valence-electron chi connectivity index (χ3n) is 5.32. The van der Waals surface area contributed by atoms with E-state index < -0.39 is 0 Å². The number of halogens is 1. The van der Waals surface area contributed by atoms with Crippen LogP contribution in [0.2, 0.25) is 0 Å². The Hall–Kier alpha value is -2.20. The van der Waals surface area contributed by atoms with Crippen LogP contribution in [0.3, 0.4) is 0 Å². The van der Waals surface area contributed by atoms with Crippen molar-refractivity contribution in [2.75, 3.05) is 46.4 Å². The van der Waals surface area contributed by atoms with Crippen LogP contribution < -0.4 is 25.0 Å². The first-order chi connectivity index (χ1) is 14.7. The van der Waals surface area contributed by atoms with Gasteiger partial charge in [0.15, 0.2) is 5.96 Å². The standard InChI is InChI=1S/C23H32N4O3.HI/c1-24-23(25-14-17-7-5-6-8-18(17)16-28-2)26-19-9-10-27(15-19)20-11-21(29-3)13-22(12-20)30-4;/h5-8,11-13,19H,9-10,14-16H2,1-4H3,(H2,24,25,26);1H. The second-order valence-corrected chi connectivity index (χ2v) is 7.27. The Morgan fingerprint density at radius 2 is 1.74 bits per heavy atom. The molecule has 2 aromatic carbocycles. The molecule has 3 rings (SSSR count). The first-order valence-corrected chi connectivity index (χ1v) is 10.2. The van der Waals surface area contributed by atoms with E-state index in [1.807, 2.05) is 30.3 Å². The summed E-state index contributed by atoms with van der Waals surface area (Å²) in [5.41, 5.74) is 3.49. The monoisotopic (exact) mass is 540 g/mol. The van der Waals surface area contributed by atoms with Gasteiger partial charge in [-0.2, -0.15) is 0 Å². The average Bonchev–Trinajstić information content (AvgIpc) is 3.26. The Bertz CT molecular complexity index is 840. The van der Waals surface area contributed by atoms with Crippen LogP contribution in [-0.4, -0.2) is 53.5 Å². The van der Waals surface area contributed by atoms with Crippen molar-refractivity contribution in [1.82, 2.24) is 10.6 Å². The summed E-state index contributed by atoms with van der Waals surface area (Å²) in [6, 6.07) is 14.6. The zero-order valence-corrected chi connectivity index (χ0v) is 21.0. The summed E-state index contributed by atoms with van der Waals surface area (Å²) >= 11 is 0. The lowest BCUT2D eigenvalue weighted by molar-refractivity contribution is 0.184. The summed E-state index contributed by atoms with van der Waals surface area (Å²) in [6.45, 7) is 3.15. The fraction of sp³-hybridized carbons (Fsp3) is 0.435. The number of benzene rings is 2. The highest BCUT2D eigenvalue weighted by Gasteiger charge is 2.24. The summed E-state index contributed by atoms with van der Waals surface area (Å²) in [5, 5.41) is 6.98. The summed E-state index contributed by atoms with van der Waals surface area (Å²) in [4.78, 5) is 6.74. The van der Waals surface area contributed by atoms with Gasteiger partial charge in [0.1, 0.15) is 11.5 Å². The van der Waals surface area contributed by atoms with Gasteiger partial charge >= 0.3 is 0 Å². The van der Waals surface area contributed by atoms with Crippen molar-refractivity contribution < 1.29 is 14.2 Å². The first-order valence-electron chi connectivity index (χ1n) is 10.2. The van der Waals surface area contributed by atoms with Crippen LogP contribution in [0, 0.1) is 0 Å². The Morgan fingerprint density at radius 3 is 2.35 bits per heavy atom. The minimum atomic E-state index is 0. The molecule has 1 heterocycles. The molecule has 31 heavy (non-hydrogen) atoms. The van der Waals surface area contributed by atoms with Crippen LogP contribution >= 0.6 is 24.0 Å². The van der Waals surface area contributed by atoms with Crippen molar-refractivity contribution in [3.8, 4) is 11.5 Å². The molecule has 170 valence electrons. The molecule has 1 fully saturated rings. The van der Waals surface area contributed by atoms with Gasteiger partial charge in [0, 0.05) is 63.7 Å². The van der Waals surface area contributed by atoms with Crippen molar-refractivity contribution in [2.24, 2.45) is 4.99 Å². The molecule has 1 saturated heterocycles. The molecule has 1 unspecified atom stereocenters. The fourth-order valence-electron chi connectivity index (χ4n) is 3.68. The number of nitrogens with zero attached hydrogens (tertiary/aromatic N) is 2. The van der Waals surface area contributed by atoms with Crippen LogP contribution in [-0.2, 0) is 17.9 Å². The second kappa shape index (κ2) is 12.6. The van der Waals surface area contributed by atoms with Crippen molar-refractivity contribution in [1.29, 1.82) is 0 Å². The number of aliphatic imine (C=N–C) groups is 1. The SMILES string of the molecule is CN=C(NCc1ccccc1COC)NC1CCN(c2cc(OC)cc(OC)c2)C1.I. The summed E-state index contributed by atoms with van der Waals surface area (Å²) in [6.07, 6.45) is 1.03. The maximum atomic E-state index is 5.41. The van der Waals surface area contributed by atoms with E-state index in [1.165, 1.54) is 11.1 Å². The number of anilines is 1. The number of ether oxygens (including phenoxy) is 3. The molecule has 0 amide bonds. The lowest BCUT2D eigenvalue weighted by Gasteiger charge is -2.21. The zero-order chi connectivity index (χ0) is 21.3. The Balaban J connectivity index is 0.00000341. The molecule has 0 aliphatic carbocycles. The predicted molar refractivity (Wildman–Crippen MR) is 136 cm³/mol. The molecule has 0 saturated carbocycles. The van der Waals surface area contributed by atoms with Crippen molar-refractivity contribution in [3.63, 3.8) is 0 Å². The molecule has 1 aliphatic heterocycles. The topological polar surface area (TPSA) is 67.4 Å². The summed E-state index contributed by atoms with van der Waals surface area (Å²) in [7, 11) is 6.87. The molecule has 8 heteroatoms. The molecular weight excluding hydrogens is 507 g/mol. The Labute approximate surface area is 202 Å². The van der Waals surface area contributed by atoms with Crippen LogP contribution in [0.1, 0.15) is 17.5 Å². The van der Waals surface area contributed by atoms with Crippen LogP contribution in [0.25, 0.3) is 0 Å². The largest absolute Gasteiger partial charge is 0.497 e. The highest BCUT2D eigenvalue weighted by atomic mass is 127. The number of hydrogen-bond acceptors (Lipinski definition) is 5. The molecule has 1 atom stereocenters. The molecular formula is C23H33IN4O3. The molecule has 0 spiro atoms. The van der Waals surface area contributed by atoms with Gasteiger partial charge in [-0.3, -0.25) is 4.99 Å². The van der Waals surface area contributed by atoms with Gasteiger partial charge in [0.2, 0.25) is 0 Å². The number of methoxy groups -OCH3 is 3. The Kier molecular flexibility index (Phi) is 10.2. The van der Waals surface area contributed by atoms with Crippen molar-refractivity contribution >= 4 is 35.6 Å². The molecule has 1 aliphatic rings. The van der Waals surface area contributed by atoms with Gasteiger partial charge in [-0.1, -0.05) is 24.3 Å². The summed E-state index contributed by atoms with van der Waals surface area (Å²) < 4.78 is 16.1. The normalized spacial score (nSPS) is 15.9. The zero-order valence-electron chi connectivity index (χ0n) is 18.7. The van der Waals surface area contributed by atoms with Gasteiger partial charge < -0.3 is 29.7 Å². The number of guanidine groups is 1. The predicted octanol–water partition coefficient (Wildman–Crippen LogP) is 3.41. The Morgan fingerprint density at radius 1 is 1.06 bits per heavy atom. The maximum absolute atomic E-state index is 5.41. The van der Waals surface area contributed by atoms with Crippen molar-refractivity contribution in [3.05, 3.63) is 53.6 Å². The van der Waals surface area contributed by atoms with Gasteiger partial charge in [0.05, 0.1) is 20.8 Å². The van der Waals surface area contributed by atoms with Crippen LogP contribution in [0.4, 0.5) is 5.69 Å². The van der Waals surface area contributed by atoms with Crippen LogP contribution in [0.15, 0.2) is 47.5 Å². The van der Waals surface area contributed by atoms with Gasteiger partial charge in [-0.05, 0) is 17.5 Å². The third-order valence-corrected chi connectivity index (χ3v) is 5.32. The molecule has 2 N–H and O–H groups in total. The average molecular weight is 540 g/mol. The minimum Gasteiger partial charge on any atom is -0.497 e. The van der Waals surface area contributed by atoms with E-state index >= 15 is 0 Å². The van der Waals surface area contributed by atoms with Crippen molar-refractivity contribution in [2.45, 2.75) is 25.6 Å². The van der Waals surface area contributed by atoms with Crippen LogP contribution in [0.5, 0.6) is 11.5 Å². The minimum absolute atomic E-state index is 0. The van der Waals surface area contributed by atoms with Gasteiger partial charge in [-0.25, -0.2) is 0 Å². The van der Waals surface area contributed by atoms with E-state index in [0.29, 0.717) is 19.2 Å². The molecule has 0 aromatic heterocycles. The summed E-state index contributed by atoms with van der Waals surface area (Å²) in [5.74, 6) is 2.40. The number of rotatable bonds is 8. The molecule has 0 radical (unpaired) electrons. The highest BCUT2D eigenvalue weighted by Crippen LogP contribution is 2.30. The van der Waals surface area contributed by atoms with E-state index in [4.69, 9.17) is 14.2 Å². The van der Waals surface area contributed by atoms with E-state index in [2.05, 4.69) is 32.7 Å². The van der Waals surface area contributed by atoms with E-state index in [0.717, 1.165) is 42.7 Å². The molecule has 0 bridgehead atoms. The second-order valence-electron chi connectivity index (χ2n) is 7.27. The van der Waals surface area contributed by atoms with Gasteiger partial charge in [0.25, 0.3) is 0 Å². The number of nitrogens with one attached hydrogen (secondary N) is 2. The molecule has 7 nitrogen and oxygen atoms in total. The van der Waals surface area contributed by atoms with Gasteiger partial charge in [-0.15, -0.1) is 24.0 Å².